The van der Waals surface area contributed by atoms with Crippen LogP contribution < -0.4 is 5.43 Å². The minimum atomic E-state index is -0.318. The van der Waals surface area contributed by atoms with Gasteiger partial charge >= 0.3 is 0 Å². The van der Waals surface area contributed by atoms with Crippen LogP contribution in [-0.2, 0) is 4.79 Å². The monoisotopic (exact) mass is 663 g/mol. The van der Waals surface area contributed by atoms with Gasteiger partial charge in [0, 0.05) is 25.8 Å². The van der Waals surface area contributed by atoms with Crippen LogP contribution in [0.1, 0.15) is 5.56 Å². The first-order valence-corrected chi connectivity index (χ1v) is 13.2. The number of halogens is 3. The van der Waals surface area contributed by atoms with E-state index < -0.39 is 0 Å². The summed E-state index contributed by atoms with van der Waals surface area (Å²) in [6, 6.07) is 20.9. The van der Waals surface area contributed by atoms with Gasteiger partial charge in [0.05, 0.1) is 16.4 Å². The molecule has 0 bridgehead atoms. The van der Waals surface area contributed by atoms with E-state index in [1.807, 2.05) is 59.2 Å². The van der Waals surface area contributed by atoms with Gasteiger partial charge in [0.1, 0.15) is 5.75 Å². The first-order chi connectivity index (χ1) is 16.4. The van der Waals surface area contributed by atoms with Gasteiger partial charge in [-0.3, -0.25) is 9.36 Å². The molecule has 172 valence electrons. The van der Waals surface area contributed by atoms with E-state index in [4.69, 9.17) is 0 Å². The molecule has 2 N–H and O–H groups in total. The summed E-state index contributed by atoms with van der Waals surface area (Å²) >= 11 is 11.3. The van der Waals surface area contributed by atoms with Gasteiger partial charge in [0.25, 0.3) is 5.91 Å². The number of amides is 1. The summed E-state index contributed by atoms with van der Waals surface area (Å²) in [7, 11) is 0. The van der Waals surface area contributed by atoms with E-state index in [9.17, 15) is 9.90 Å². The quantitative estimate of drug-likeness (QED) is 0.140. The van der Waals surface area contributed by atoms with Gasteiger partial charge in [-0.25, -0.2) is 5.43 Å². The summed E-state index contributed by atoms with van der Waals surface area (Å²) in [5.74, 6) is 0.474. The van der Waals surface area contributed by atoms with Crippen molar-refractivity contribution in [3.63, 3.8) is 0 Å². The second kappa shape index (κ2) is 11.3. The van der Waals surface area contributed by atoms with Crippen molar-refractivity contribution in [2.24, 2.45) is 5.10 Å². The average molecular weight is 666 g/mol. The van der Waals surface area contributed by atoms with Crippen LogP contribution in [-0.4, -0.2) is 37.7 Å². The summed E-state index contributed by atoms with van der Waals surface area (Å²) in [6.45, 7) is 0. The maximum Gasteiger partial charge on any atom is 0.250 e. The highest BCUT2D eigenvalue weighted by atomic mass is 79.9. The van der Waals surface area contributed by atoms with Crippen LogP contribution in [0.15, 0.2) is 90.4 Å². The summed E-state index contributed by atoms with van der Waals surface area (Å²) in [5, 5.41) is 23.3. The van der Waals surface area contributed by atoms with Gasteiger partial charge < -0.3 is 5.11 Å². The Morgan fingerprint density at radius 1 is 1.03 bits per heavy atom. The fourth-order valence-electron chi connectivity index (χ4n) is 2.98. The van der Waals surface area contributed by atoms with Crippen molar-refractivity contribution in [2.45, 2.75) is 5.16 Å². The molecule has 7 nitrogen and oxygen atoms in total. The number of phenols is 1. The Kier molecular flexibility index (Phi) is 8.19. The van der Waals surface area contributed by atoms with E-state index in [-0.39, 0.29) is 17.4 Å². The van der Waals surface area contributed by atoms with Gasteiger partial charge in [-0.15, -0.1) is 10.2 Å². The molecule has 0 aliphatic rings. The van der Waals surface area contributed by atoms with Crippen LogP contribution in [0.5, 0.6) is 5.75 Å². The molecule has 0 atom stereocenters. The maximum absolute atomic E-state index is 12.4. The molecule has 1 amide bonds. The standard InChI is InChI=1S/C23H16Br3N5O2S/c24-16-6-8-18(9-7-16)31-22(14-4-2-1-3-5-14)29-30-23(31)34-13-20(32)28-27-12-15-10-17(25)11-19(26)21(15)33/h1-12,33H,13H2,(H,28,32)/b27-12-. The fraction of sp³-hybridized carbons (Fsp3) is 0.0435. The molecule has 3 aromatic carbocycles. The molecule has 0 saturated heterocycles. The second-order valence-electron chi connectivity index (χ2n) is 6.89. The molecular weight excluding hydrogens is 650 g/mol. The molecule has 4 aromatic rings. The number of hydrogen-bond acceptors (Lipinski definition) is 6. The molecule has 0 radical (unpaired) electrons. The highest BCUT2D eigenvalue weighted by Gasteiger charge is 2.17. The van der Waals surface area contributed by atoms with Crippen molar-refractivity contribution < 1.29 is 9.90 Å². The Hall–Kier alpha value is -2.47. The lowest BCUT2D eigenvalue weighted by Crippen LogP contribution is -2.20. The van der Waals surface area contributed by atoms with E-state index in [0.717, 1.165) is 20.2 Å². The normalized spacial score (nSPS) is 11.1. The zero-order valence-corrected chi connectivity index (χ0v) is 22.9. The summed E-state index contributed by atoms with van der Waals surface area (Å²) in [6.07, 6.45) is 1.38. The molecular formula is C23H16Br3N5O2S. The second-order valence-corrected chi connectivity index (χ2v) is 10.5. The highest BCUT2D eigenvalue weighted by molar-refractivity contribution is 9.11. The molecule has 0 fully saturated rings. The van der Waals surface area contributed by atoms with Crippen molar-refractivity contribution in [3.8, 4) is 22.8 Å². The number of thioether (sulfide) groups is 1. The SMILES string of the molecule is O=C(CSc1nnc(-c2ccccc2)n1-c1ccc(Br)cc1)N/N=C\c1cc(Br)cc(Br)c1O. The number of benzene rings is 3. The number of hydrazone groups is 1. The molecule has 1 heterocycles. The zero-order valence-electron chi connectivity index (χ0n) is 17.3. The van der Waals surface area contributed by atoms with Crippen LogP contribution in [0.25, 0.3) is 17.1 Å². The van der Waals surface area contributed by atoms with E-state index in [1.165, 1.54) is 18.0 Å². The van der Waals surface area contributed by atoms with Crippen LogP contribution in [0, 0.1) is 0 Å². The first-order valence-electron chi connectivity index (χ1n) is 9.82. The van der Waals surface area contributed by atoms with E-state index in [1.54, 1.807) is 12.1 Å². The largest absolute Gasteiger partial charge is 0.506 e. The Balaban J connectivity index is 1.50. The van der Waals surface area contributed by atoms with Gasteiger partial charge in [-0.1, -0.05) is 74.0 Å². The van der Waals surface area contributed by atoms with Crippen molar-refractivity contribution >= 4 is 71.7 Å². The number of phenolic OH excluding ortho intramolecular Hbond substituents is 1. The lowest BCUT2D eigenvalue weighted by molar-refractivity contribution is -0.118. The number of carbonyl (C=O) groups is 1. The molecule has 4 rings (SSSR count). The number of aromatic nitrogens is 3. The Labute approximate surface area is 225 Å². The third-order valence-corrected chi connectivity index (χ3v) is 7.05. The number of nitrogens with zero attached hydrogens (tertiary/aromatic N) is 4. The zero-order chi connectivity index (χ0) is 24.1. The van der Waals surface area contributed by atoms with Crippen molar-refractivity contribution in [1.82, 2.24) is 20.2 Å². The topological polar surface area (TPSA) is 92.4 Å². The minimum absolute atomic E-state index is 0.0339. The first kappa shape index (κ1) is 24.6. The lowest BCUT2D eigenvalue weighted by Gasteiger charge is -2.10. The highest BCUT2D eigenvalue weighted by Crippen LogP contribution is 2.31. The maximum atomic E-state index is 12.4. The fourth-order valence-corrected chi connectivity index (χ4v) is 5.25. The predicted octanol–water partition coefficient (Wildman–Crippen LogP) is 6.17. The Morgan fingerprint density at radius 2 is 1.76 bits per heavy atom. The summed E-state index contributed by atoms with van der Waals surface area (Å²) in [5.41, 5.74) is 4.73. The number of carbonyl (C=O) groups excluding carboxylic acids is 1. The van der Waals surface area contributed by atoms with E-state index in [0.29, 0.717) is 21.0 Å². The van der Waals surface area contributed by atoms with Crippen LogP contribution in [0.4, 0.5) is 0 Å². The number of aromatic hydroxyl groups is 1. The van der Waals surface area contributed by atoms with Crippen LogP contribution in [0.3, 0.4) is 0 Å². The smallest absolute Gasteiger partial charge is 0.250 e. The van der Waals surface area contributed by atoms with Crippen molar-refractivity contribution in [2.75, 3.05) is 5.75 Å². The summed E-state index contributed by atoms with van der Waals surface area (Å²) < 4.78 is 4.16. The molecule has 0 spiro atoms. The predicted molar refractivity (Wildman–Crippen MR) is 144 cm³/mol. The molecule has 1 aromatic heterocycles. The number of hydrogen-bond donors (Lipinski definition) is 2. The van der Waals surface area contributed by atoms with Gasteiger partial charge in [0.2, 0.25) is 0 Å². The Morgan fingerprint density at radius 3 is 2.50 bits per heavy atom. The van der Waals surface area contributed by atoms with Gasteiger partial charge in [-0.2, -0.15) is 5.10 Å². The third-order valence-electron chi connectivity index (χ3n) is 4.53. The average Bonchev–Trinajstić information content (AvgIpc) is 3.26. The van der Waals surface area contributed by atoms with Crippen molar-refractivity contribution in [1.29, 1.82) is 0 Å². The molecule has 0 unspecified atom stereocenters. The van der Waals surface area contributed by atoms with Gasteiger partial charge in [0.15, 0.2) is 11.0 Å². The molecule has 0 aliphatic carbocycles. The van der Waals surface area contributed by atoms with E-state index >= 15 is 0 Å². The molecule has 0 aliphatic heterocycles. The molecule has 0 saturated carbocycles. The summed E-state index contributed by atoms with van der Waals surface area (Å²) in [4.78, 5) is 12.4. The Bertz CT molecular complexity index is 1340. The van der Waals surface area contributed by atoms with Crippen LogP contribution >= 0.6 is 59.6 Å². The van der Waals surface area contributed by atoms with Gasteiger partial charge in [-0.05, 0) is 52.3 Å². The molecule has 11 heteroatoms. The van der Waals surface area contributed by atoms with E-state index in [2.05, 4.69) is 68.5 Å². The minimum Gasteiger partial charge on any atom is -0.506 e. The lowest BCUT2D eigenvalue weighted by atomic mass is 10.2. The van der Waals surface area contributed by atoms with Crippen LogP contribution in [0.2, 0.25) is 0 Å². The third kappa shape index (κ3) is 5.96. The number of rotatable bonds is 7. The molecule has 34 heavy (non-hydrogen) atoms. The van der Waals surface area contributed by atoms with Crippen molar-refractivity contribution in [3.05, 3.63) is 85.7 Å². The number of nitrogens with one attached hydrogen (secondary N) is 1.